The Morgan fingerprint density at radius 3 is 2.94 bits per heavy atom. The number of anilines is 1. The summed E-state index contributed by atoms with van der Waals surface area (Å²) in [5, 5.41) is 3.34. The van der Waals surface area contributed by atoms with E-state index >= 15 is 0 Å². The maximum Gasteiger partial charge on any atom is 0.218 e. The summed E-state index contributed by atoms with van der Waals surface area (Å²) in [5.41, 5.74) is 0. The maximum absolute atomic E-state index is 5.46. The zero-order valence-electron chi connectivity index (χ0n) is 10.8. The van der Waals surface area contributed by atoms with Crippen LogP contribution in [0.1, 0.15) is 27.2 Å². The van der Waals surface area contributed by atoms with Crippen LogP contribution >= 0.6 is 11.8 Å². The van der Waals surface area contributed by atoms with E-state index in [9.17, 15) is 0 Å². The molecule has 1 unspecified atom stereocenters. The highest BCUT2D eigenvalue weighted by Gasteiger charge is 2.04. The van der Waals surface area contributed by atoms with E-state index in [1.807, 2.05) is 17.8 Å². The van der Waals surface area contributed by atoms with Gasteiger partial charge in [-0.2, -0.15) is 11.8 Å². The lowest BCUT2D eigenvalue weighted by Gasteiger charge is -2.14. The van der Waals surface area contributed by atoms with Crippen molar-refractivity contribution in [3.05, 3.63) is 12.4 Å². The number of nitrogens with one attached hydrogen (secondary N) is 1. The standard InChI is InChI=1S/C12H21N3OS/c1-4-6-16-12-7-11(13-9-14-12)15-10(3)8-17-5-2/h7,9-10H,4-6,8H2,1-3H3,(H,13,14,15). The van der Waals surface area contributed by atoms with Gasteiger partial charge in [0.1, 0.15) is 12.1 Å². The Morgan fingerprint density at radius 2 is 2.24 bits per heavy atom. The molecule has 96 valence electrons. The minimum Gasteiger partial charge on any atom is -0.478 e. The fourth-order valence-electron chi connectivity index (χ4n) is 1.29. The van der Waals surface area contributed by atoms with Crippen molar-refractivity contribution in [3.8, 4) is 5.88 Å². The Kier molecular flexibility index (Phi) is 6.77. The van der Waals surface area contributed by atoms with Crippen molar-refractivity contribution in [1.29, 1.82) is 0 Å². The van der Waals surface area contributed by atoms with E-state index in [2.05, 4.69) is 36.1 Å². The molecular formula is C12H21N3OS. The molecule has 0 aliphatic heterocycles. The van der Waals surface area contributed by atoms with Gasteiger partial charge in [0.15, 0.2) is 0 Å². The first-order chi connectivity index (χ1) is 8.26. The van der Waals surface area contributed by atoms with Gasteiger partial charge in [0.05, 0.1) is 6.61 Å². The third kappa shape index (κ3) is 5.77. The number of rotatable bonds is 8. The van der Waals surface area contributed by atoms with Gasteiger partial charge in [0.25, 0.3) is 0 Å². The van der Waals surface area contributed by atoms with E-state index in [0.29, 0.717) is 18.5 Å². The SMILES string of the molecule is CCCOc1cc(NC(C)CSCC)ncn1. The molecule has 1 heterocycles. The Morgan fingerprint density at radius 1 is 1.41 bits per heavy atom. The normalized spacial score (nSPS) is 12.2. The third-order valence-electron chi connectivity index (χ3n) is 2.06. The smallest absolute Gasteiger partial charge is 0.218 e. The molecule has 0 fully saturated rings. The molecule has 0 radical (unpaired) electrons. The topological polar surface area (TPSA) is 47.0 Å². The van der Waals surface area contributed by atoms with E-state index in [0.717, 1.165) is 23.7 Å². The molecule has 0 aromatic carbocycles. The Hall–Kier alpha value is -0.970. The molecule has 1 N–H and O–H groups in total. The van der Waals surface area contributed by atoms with Gasteiger partial charge in [-0.25, -0.2) is 9.97 Å². The Labute approximate surface area is 108 Å². The second-order valence-corrected chi connectivity index (χ2v) is 5.11. The fraction of sp³-hybridized carbons (Fsp3) is 0.667. The molecule has 0 spiro atoms. The largest absolute Gasteiger partial charge is 0.478 e. The van der Waals surface area contributed by atoms with Gasteiger partial charge < -0.3 is 10.1 Å². The summed E-state index contributed by atoms with van der Waals surface area (Å²) in [6.45, 7) is 7.08. The fourth-order valence-corrected chi connectivity index (χ4v) is 1.97. The highest BCUT2D eigenvalue weighted by molar-refractivity contribution is 7.99. The molecule has 4 nitrogen and oxygen atoms in total. The predicted octanol–water partition coefficient (Wildman–Crippen LogP) is 2.82. The minimum absolute atomic E-state index is 0.397. The Balaban J connectivity index is 2.47. The summed E-state index contributed by atoms with van der Waals surface area (Å²) >= 11 is 1.92. The van der Waals surface area contributed by atoms with Crippen LogP contribution in [0, 0.1) is 0 Å². The Bertz CT molecular complexity index is 322. The summed E-state index contributed by atoms with van der Waals surface area (Å²) in [7, 11) is 0. The molecule has 0 saturated carbocycles. The van der Waals surface area contributed by atoms with Crippen LogP contribution in [0.2, 0.25) is 0 Å². The van der Waals surface area contributed by atoms with Crippen molar-refractivity contribution >= 4 is 17.6 Å². The molecular weight excluding hydrogens is 234 g/mol. The first kappa shape index (κ1) is 14.1. The van der Waals surface area contributed by atoms with Gasteiger partial charge in [-0.15, -0.1) is 0 Å². The molecule has 17 heavy (non-hydrogen) atoms. The van der Waals surface area contributed by atoms with Gasteiger partial charge in [-0.3, -0.25) is 0 Å². The third-order valence-corrected chi connectivity index (χ3v) is 3.21. The van der Waals surface area contributed by atoms with Crippen LogP contribution in [0.15, 0.2) is 12.4 Å². The number of thioether (sulfide) groups is 1. The summed E-state index contributed by atoms with van der Waals surface area (Å²) in [5.74, 6) is 3.68. The first-order valence-electron chi connectivity index (χ1n) is 6.05. The van der Waals surface area contributed by atoms with E-state index in [4.69, 9.17) is 4.74 Å². The molecule has 0 aliphatic rings. The molecule has 1 atom stereocenters. The molecule has 0 bridgehead atoms. The van der Waals surface area contributed by atoms with Crippen LogP contribution in [0.4, 0.5) is 5.82 Å². The first-order valence-corrected chi connectivity index (χ1v) is 7.20. The van der Waals surface area contributed by atoms with E-state index in [1.165, 1.54) is 6.33 Å². The van der Waals surface area contributed by atoms with Gasteiger partial charge in [-0.1, -0.05) is 13.8 Å². The lowest BCUT2D eigenvalue weighted by Crippen LogP contribution is -2.19. The van der Waals surface area contributed by atoms with Crippen molar-refractivity contribution in [2.24, 2.45) is 0 Å². The summed E-state index contributed by atoms with van der Waals surface area (Å²) in [4.78, 5) is 8.25. The van der Waals surface area contributed by atoms with Crippen LogP contribution < -0.4 is 10.1 Å². The van der Waals surface area contributed by atoms with Crippen LogP contribution in [-0.2, 0) is 0 Å². The molecule has 0 amide bonds. The van der Waals surface area contributed by atoms with E-state index in [-0.39, 0.29) is 0 Å². The lowest BCUT2D eigenvalue weighted by atomic mass is 10.4. The van der Waals surface area contributed by atoms with Gasteiger partial charge in [0.2, 0.25) is 5.88 Å². The van der Waals surface area contributed by atoms with Crippen LogP contribution in [0.3, 0.4) is 0 Å². The molecule has 1 rings (SSSR count). The summed E-state index contributed by atoms with van der Waals surface area (Å²) in [6, 6.07) is 2.25. The molecule has 1 aromatic rings. The second-order valence-electron chi connectivity index (χ2n) is 3.79. The monoisotopic (exact) mass is 255 g/mol. The number of ether oxygens (including phenoxy) is 1. The van der Waals surface area contributed by atoms with Crippen molar-refractivity contribution in [2.75, 3.05) is 23.4 Å². The lowest BCUT2D eigenvalue weighted by molar-refractivity contribution is 0.305. The quantitative estimate of drug-likeness (QED) is 0.774. The van der Waals surface area contributed by atoms with E-state index < -0.39 is 0 Å². The van der Waals surface area contributed by atoms with Gasteiger partial charge in [0, 0.05) is 17.9 Å². The number of hydrogen-bond acceptors (Lipinski definition) is 5. The molecule has 5 heteroatoms. The minimum atomic E-state index is 0.397. The van der Waals surface area contributed by atoms with Crippen molar-refractivity contribution in [3.63, 3.8) is 0 Å². The second kappa shape index (κ2) is 8.17. The summed E-state index contributed by atoms with van der Waals surface area (Å²) in [6.07, 6.45) is 2.52. The van der Waals surface area contributed by atoms with Crippen molar-refractivity contribution < 1.29 is 4.74 Å². The van der Waals surface area contributed by atoms with Crippen LogP contribution in [0.25, 0.3) is 0 Å². The predicted molar refractivity (Wildman–Crippen MR) is 73.9 cm³/mol. The highest BCUT2D eigenvalue weighted by atomic mass is 32.2. The maximum atomic E-state index is 5.46. The molecule has 0 aliphatic carbocycles. The average molecular weight is 255 g/mol. The zero-order valence-corrected chi connectivity index (χ0v) is 11.6. The molecule has 1 aromatic heterocycles. The van der Waals surface area contributed by atoms with E-state index in [1.54, 1.807) is 0 Å². The van der Waals surface area contributed by atoms with Crippen molar-refractivity contribution in [1.82, 2.24) is 9.97 Å². The van der Waals surface area contributed by atoms with Crippen LogP contribution in [-0.4, -0.2) is 34.1 Å². The van der Waals surface area contributed by atoms with Gasteiger partial charge >= 0.3 is 0 Å². The van der Waals surface area contributed by atoms with Gasteiger partial charge in [-0.05, 0) is 19.1 Å². The number of nitrogens with zero attached hydrogens (tertiary/aromatic N) is 2. The number of aromatic nitrogens is 2. The average Bonchev–Trinajstić information content (AvgIpc) is 2.34. The number of hydrogen-bond donors (Lipinski definition) is 1. The van der Waals surface area contributed by atoms with Crippen LogP contribution in [0.5, 0.6) is 5.88 Å². The zero-order chi connectivity index (χ0) is 12.5. The highest BCUT2D eigenvalue weighted by Crippen LogP contribution is 2.13. The molecule has 0 saturated heterocycles. The summed E-state index contributed by atoms with van der Waals surface area (Å²) < 4.78 is 5.46. The van der Waals surface area contributed by atoms with Crippen molar-refractivity contribution in [2.45, 2.75) is 33.2 Å².